The minimum Gasteiger partial charge on any atom is -0.464 e. The number of rotatable bonds is 5. The first-order valence-electron chi connectivity index (χ1n) is 11.0. The Balaban J connectivity index is 1.46. The van der Waals surface area contributed by atoms with E-state index in [4.69, 9.17) is 4.42 Å². The second-order valence-electron chi connectivity index (χ2n) is 8.32. The number of hydrogen-bond acceptors (Lipinski definition) is 6. The van der Waals surface area contributed by atoms with Crippen molar-refractivity contribution in [3.05, 3.63) is 90.0 Å². The molecule has 5 aromatic rings. The Hall–Kier alpha value is -4.06. The molecule has 5 rings (SSSR count). The number of anilines is 1. The molecule has 1 N–H and O–H groups in total. The maximum absolute atomic E-state index is 5.59. The molecule has 0 saturated heterocycles. The molecular formula is C27H25N5O. The van der Waals surface area contributed by atoms with E-state index in [2.05, 4.69) is 44.3 Å². The summed E-state index contributed by atoms with van der Waals surface area (Å²) < 4.78 is 5.59. The molecule has 0 aliphatic carbocycles. The maximum atomic E-state index is 5.59. The second-order valence-corrected chi connectivity index (χ2v) is 8.32. The zero-order chi connectivity index (χ0) is 22.9. The van der Waals surface area contributed by atoms with Crippen LogP contribution in [0.3, 0.4) is 0 Å². The number of nitrogens with zero attached hydrogens (tertiary/aromatic N) is 4. The van der Waals surface area contributed by atoms with Gasteiger partial charge in [0.05, 0.1) is 18.0 Å². The molecule has 0 bridgehead atoms. The summed E-state index contributed by atoms with van der Waals surface area (Å²) >= 11 is 0. The van der Waals surface area contributed by atoms with Crippen molar-refractivity contribution in [1.29, 1.82) is 0 Å². The highest BCUT2D eigenvalue weighted by atomic mass is 16.3. The number of nitrogens with one attached hydrogen (secondary N) is 1. The SMILES string of the molecule is Cc1nc(NC(C)c2cc(-c3cccnc3)cnc2C)cc(-c2ccc3occ(C)c3c2)n1. The number of benzene rings is 1. The molecule has 1 aromatic carbocycles. The van der Waals surface area contributed by atoms with Crippen molar-refractivity contribution >= 4 is 16.8 Å². The van der Waals surface area contributed by atoms with E-state index in [-0.39, 0.29) is 6.04 Å². The summed E-state index contributed by atoms with van der Waals surface area (Å²) in [5, 5.41) is 4.64. The highest BCUT2D eigenvalue weighted by molar-refractivity contribution is 5.85. The highest BCUT2D eigenvalue weighted by Crippen LogP contribution is 2.29. The molecule has 0 aliphatic heterocycles. The molecule has 6 nitrogen and oxygen atoms in total. The fraction of sp³-hybridized carbons (Fsp3) is 0.185. The van der Waals surface area contributed by atoms with Gasteiger partial charge in [0.2, 0.25) is 0 Å². The molecule has 0 spiro atoms. The van der Waals surface area contributed by atoms with E-state index in [1.807, 2.05) is 63.5 Å². The lowest BCUT2D eigenvalue weighted by atomic mass is 10.0. The topological polar surface area (TPSA) is 76.7 Å². The molecule has 0 radical (unpaired) electrons. The van der Waals surface area contributed by atoms with Gasteiger partial charge in [0, 0.05) is 52.4 Å². The van der Waals surface area contributed by atoms with Crippen LogP contribution in [0, 0.1) is 20.8 Å². The van der Waals surface area contributed by atoms with Crippen LogP contribution in [0.4, 0.5) is 5.82 Å². The Kier molecular flexibility index (Phi) is 5.34. The van der Waals surface area contributed by atoms with Crippen LogP contribution in [-0.4, -0.2) is 19.9 Å². The van der Waals surface area contributed by atoms with Crippen LogP contribution < -0.4 is 5.32 Å². The van der Waals surface area contributed by atoms with Crippen molar-refractivity contribution < 1.29 is 4.42 Å². The summed E-state index contributed by atoms with van der Waals surface area (Å²) in [6.07, 6.45) is 7.30. The second kappa shape index (κ2) is 8.47. The Labute approximate surface area is 192 Å². The molecule has 0 aliphatic rings. The van der Waals surface area contributed by atoms with E-state index in [1.165, 1.54) is 0 Å². The van der Waals surface area contributed by atoms with E-state index in [9.17, 15) is 0 Å². The van der Waals surface area contributed by atoms with Gasteiger partial charge in [-0.2, -0.15) is 0 Å². The normalized spacial score (nSPS) is 12.1. The molecule has 6 heteroatoms. The van der Waals surface area contributed by atoms with Crippen LogP contribution in [0.1, 0.15) is 35.6 Å². The largest absolute Gasteiger partial charge is 0.464 e. The number of fused-ring (bicyclic) bond motifs is 1. The van der Waals surface area contributed by atoms with Crippen LogP contribution in [-0.2, 0) is 0 Å². The number of aromatic nitrogens is 4. The molecule has 4 heterocycles. The zero-order valence-electron chi connectivity index (χ0n) is 19.1. The van der Waals surface area contributed by atoms with Gasteiger partial charge in [0.15, 0.2) is 0 Å². The van der Waals surface area contributed by atoms with Gasteiger partial charge in [-0.3, -0.25) is 9.97 Å². The third kappa shape index (κ3) is 4.20. The van der Waals surface area contributed by atoms with Crippen molar-refractivity contribution in [1.82, 2.24) is 19.9 Å². The van der Waals surface area contributed by atoms with Gasteiger partial charge >= 0.3 is 0 Å². The van der Waals surface area contributed by atoms with Crippen molar-refractivity contribution in [2.75, 3.05) is 5.32 Å². The van der Waals surface area contributed by atoms with Crippen LogP contribution in [0.25, 0.3) is 33.4 Å². The summed E-state index contributed by atoms with van der Waals surface area (Å²) in [5.41, 5.74) is 8.08. The molecule has 0 saturated carbocycles. The van der Waals surface area contributed by atoms with Crippen LogP contribution in [0.5, 0.6) is 0 Å². The van der Waals surface area contributed by atoms with Gasteiger partial charge in [-0.05, 0) is 69.2 Å². The standard InChI is InChI=1S/C27H25N5O/c1-16-15-33-26-8-7-20(10-23(16)26)25-12-27(32-19(4)31-25)30-18(3)24-11-22(14-29-17(24)2)21-6-5-9-28-13-21/h5-15,18H,1-4H3,(H,30,31,32). The summed E-state index contributed by atoms with van der Waals surface area (Å²) in [6, 6.07) is 14.3. The lowest BCUT2D eigenvalue weighted by molar-refractivity contribution is 0.613. The minimum atomic E-state index is 0.00914. The Morgan fingerprint density at radius 2 is 1.79 bits per heavy atom. The van der Waals surface area contributed by atoms with Crippen molar-refractivity contribution in [3.8, 4) is 22.4 Å². The monoisotopic (exact) mass is 435 g/mol. The van der Waals surface area contributed by atoms with Gasteiger partial charge in [-0.1, -0.05) is 6.07 Å². The van der Waals surface area contributed by atoms with E-state index >= 15 is 0 Å². The summed E-state index contributed by atoms with van der Waals surface area (Å²) in [7, 11) is 0. The molecule has 0 amide bonds. The molecule has 1 unspecified atom stereocenters. The molecule has 4 aromatic heterocycles. The average Bonchev–Trinajstić information content (AvgIpc) is 3.19. The quantitative estimate of drug-likeness (QED) is 0.342. The average molecular weight is 436 g/mol. The van der Waals surface area contributed by atoms with Crippen LogP contribution in [0.15, 0.2) is 71.7 Å². The van der Waals surface area contributed by atoms with Gasteiger partial charge in [0.25, 0.3) is 0 Å². The molecule has 164 valence electrons. The maximum Gasteiger partial charge on any atom is 0.134 e. The summed E-state index contributed by atoms with van der Waals surface area (Å²) in [5.74, 6) is 1.49. The first kappa shape index (κ1) is 20.8. The predicted octanol–water partition coefficient (Wildman–Crippen LogP) is 6.45. The Morgan fingerprint density at radius 1 is 0.909 bits per heavy atom. The van der Waals surface area contributed by atoms with Gasteiger partial charge in [-0.25, -0.2) is 9.97 Å². The highest BCUT2D eigenvalue weighted by Gasteiger charge is 2.14. The Morgan fingerprint density at radius 3 is 2.61 bits per heavy atom. The van der Waals surface area contributed by atoms with E-state index in [1.54, 1.807) is 12.5 Å². The smallest absolute Gasteiger partial charge is 0.134 e. The number of aryl methyl sites for hydroxylation is 3. The summed E-state index contributed by atoms with van der Waals surface area (Å²) in [6.45, 7) is 8.11. The lowest BCUT2D eigenvalue weighted by Gasteiger charge is -2.18. The van der Waals surface area contributed by atoms with E-state index in [0.29, 0.717) is 5.82 Å². The fourth-order valence-electron chi connectivity index (χ4n) is 4.08. The first-order valence-corrected chi connectivity index (χ1v) is 11.0. The van der Waals surface area contributed by atoms with Crippen molar-refractivity contribution in [2.24, 2.45) is 0 Å². The lowest BCUT2D eigenvalue weighted by Crippen LogP contribution is -2.11. The third-order valence-electron chi connectivity index (χ3n) is 5.85. The van der Waals surface area contributed by atoms with E-state index in [0.717, 1.165) is 56.0 Å². The molecule has 33 heavy (non-hydrogen) atoms. The van der Waals surface area contributed by atoms with Crippen LogP contribution in [0.2, 0.25) is 0 Å². The fourth-order valence-corrected chi connectivity index (χ4v) is 4.08. The van der Waals surface area contributed by atoms with Gasteiger partial charge in [0.1, 0.15) is 17.2 Å². The predicted molar refractivity (Wildman–Crippen MR) is 131 cm³/mol. The van der Waals surface area contributed by atoms with Crippen molar-refractivity contribution in [2.45, 2.75) is 33.7 Å². The van der Waals surface area contributed by atoms with E-state index < -0.39 is 0 Å². The molecule has 1 atom stereocenters. The molecular weight excluding hydrogens is 410 g/mol. The number of furan rings is 1. The first-order chi connectivity index (χ1) is 16.0. The minimum absolute atomic E-state index is 0.00914. The van der Waals surface area contributed by atoms with Gasteiger partial charge < -0.3 is 9.73 Å². The molecule has 0 fully saturated rings. The van der Waals surface area contributed by atoms with Gasteiger partial charge in [-0.15, -0.1) is 0 Å². The Bertz CT molecular complexity index is 1440. The van der Waals surface area contributed by atoms with Crippen molar-refractivity contribution in [3.63, 3.8) is 0 Å². The summed E-state index contributed by atoms with van der Waals surface area (Å²) in [4.78, 5) is 18.2. The third-order valence-corrected chi connectivity index (χ3v) is 5.85. The van der Waals surface area contributed by atoms with Crippen LogP contribution >= 0.6 is 0 Å². The number of hydrogen-bond donors (Lipinski definition) is 1. The zero-order valence-corrected chi connectivity index (χ0v) is 19.1. The number of pyridine rings is 2.